The molecule has 1 aromatic heterocycles. The molecule has 0 radical (unpaired) electrons. The van der Waals surface area contributed by atoms with Crippen LogP contribution in [0.2, 0.25) is 10.0 Å². The van der Waals surface area contributed by atoms with Crippen molar-refractivity contribution in [2.75, 3.05) is 0 Å². The Kier molecular flexibility index (Phi) is 5.12. The van der Waals surface area contributed by atoms with E-state index in [0.29, 0.717) is 27.1 Å². The normalized spacial score (nSPS) is 11.0. The Morgan fingerprint density at radius 2 is 1.79 bits per heavy atom. The second-order valence-electron chi connectivity index (χ2n) is 6.68. The molecule has 3 aromatic carbocycles. The molecule has 3 nitrogen and oxygen atoms in total. The summed E-state index contributed by atoms with van der Waals surface area (Å²) in [6.07, 6.45) is 2.11. The molecule has 0 saturated heterocycles. The van der Waals surface area contributed by atoms with E-state index in [4.69, 9.17) is 27.9 Å². The number of nitrogens with one attached hydrogen (secondary N) is 1. The number of aryl methyl sites for hydroxylation is 1. The lowest BCUT2D eigenvalue weighted by Crippen LogP contribution is -2.05. The number of halogens is 2. The van der Waals surface area contributed by atoms with Crippen LogP contribution in [0.25, 0.3) is 10.9 Å². The number of hydrogen-bond donors (Lipinski definition) is 1. The quantitative estimate of drug-likeness (QED) is 0.360. The Labute approximate surface area is 172 Å². The fourth-order valence-corrected chi connectivity index (χ4v) is 3.56. The van der Waals surface area contributed by atoms with Gasteiger partial charge in [0.15, 0.2) is 5.78 Å². The van der Waals surface area contributed by atoms with Gasteiger partial charge in [0.05, 0.1) is 10.5 Å². The number of ether oxygens (including phenoxy) is 1. The molecule has 0 bridgehead atoms. The van der Waals surface area contributed by atoms with Gasteiger partial charge < -0.3 is 9.72 Å². The number of Topliss-reactive ketones (excluding diaryl/α,β-unsaturated/α-hetero) is 1. The maximum absolute atomic E-state index is 12.9. The second-order valence-corrected chi connectivity index (χ2v) is 7.52. The average molecular weight is 410 g/mol. The van der Waals surface area contributed by atoms with E-state index in [1.807, 2.05) is 31.3 Å². The maximum atomic E-state index is 12.9. The molecule has 1 N–H and O–H groups in total. The van der Waals surface area contributed by atoms with Crippen LogP contribution in [0.4, 0.5) is 0 Å². The minimum Gasteiger partial charge on any atom is -0.456 e. The predicted molar refractivity (Wildman–Crippen MR) is 114 cm³/mol. The molecular formula is C23H17Cl2NO2. The highest BCUT2D eigenvalue weighted by atomic mass is 35.5. The van der Waals surface area contributed by atoms with Crippen molar-refractivity contribution in [1.82, 2.24) is 4.98 Å². The van der Waals surface area contributed by atoms with E-state index < -0.39 is 0 Å². The third-order valence-electron chi connectivity index (χ3n) is 4.51. The SMILES string of the molecule is Cc1cc(C(=O)Cc2ccc(Oc3ccc(Cl)cc3)c(Cl)c2)c2[nH]ccc2c1. The van der Waals surface area contributed by atoms with Gasteiger partial charge in [-0.05, 0) is 72.6 Å². The molecule has 0 atom stereocenters. The summed E-state index contributed by atoms with van der Waals surface area (Å²) in [5, 5.41) is 2.13. The van der Waals surface area contributed by atoms with Gasteiger partial charge in [0, 0.05) is 28.6 Å². The first-order valence-electron chi connectivity index (χ1n) is 8.82. The van der Waals surface area contributed by atoms with Crippen LogP contribution in [0.1, 0.15) is 21.5 Å². The highest BCUT2D eigenvalue weighted by Crippen LogP contribution is 2.31. The first kappa shape index (κ1) is 18.6. The molecule has 28 heavy (non-hydrogen) atoms. The summed E-state index contributed by atoms with van der Waals surface area (Å²) in [6, 6.07) is 18.4. The van der Waals surface area contributed by atoms with Crippen LogP contribution in [0, 0.1) is 6.92 Å². The third kappa shape index (κ3) is 3.91. The zero-order chi connectivity index (χ0) is 19.7. The summed E-state index contributed by atoms with van der Waals surface area (Å²) in [6.45, 7) is 1.99. The lowest BCUT2D eigenvalue weighted by molar-refractivity contribution is 0.0994. The molecule has 4 rings (SSSR count). The first-order valence-corrected chi connectivity index (χ1v) is 9.58. The average Bonchev–Trinajstić information content (AvgIpc) is 3.13. The molecule has 0 saturated carbocycles. The molecule has 0 aliphatic heterocycles. The Balaban J connectivity index is 1.55. The van der Waals surface area contributed by atoms with E-state index in [1.165, 1.54) is 0 Å². The van der Waals surface area contributed by atoms with E-state index in [-0.39, 0.29) is 12.2 Å². The number of rotatable bonds is 5. The van der Waals surface area contributed by atoms with Crippen LogP contribution < -0.4 is 4.74 Å². The first-order chi connectivity index (χ1) is 13.5. The molecule has 0 aliphatic carbocycles. The van der Waals surface area contributed by atoms with Crippen molar-refractivity contribution in [2.24, 2.45) is 0 Å². The Hall–Kier alpha value is -2.75. The van der Waals surface area contributed by atoms with Crippen molar-refractivity contribution in [2.45, 2.75) is 13.3 Å². The minimum atomic E-state index is 0.0404. The van der Waals surface area contributed by atoms with E-state index >= 15 is 0 Å². The van der Waals surface area contributed by atoms with Crippen LogP contribution in [0.15, 0.2) is 66.9 Å². The largest absolute Gasteiger partial charge is 0.456 e. The summed E-state index contributed by atoms with van der Waals surface area (Å²) in [4.78, 5) is 16.0. The van der Waals surface area contributed by atoms with Crippen molar-refractivity contribution < 1.29 is 9.53 Å². The summed E-state index contributed by atoms with van der Waals surface area (Å²) in [5.41, 5.74) is 3.45. The van der Waals surface area contributed by atoms with Crippen molar-refractivity contribution in [3.63, 3.8) is 0 Å². The van der Waals surface area contributed by atoms with Gasteiger partial charge in [0.1, 0.15) is 11.5 Å². The van der Waals surface area contributed by atoms with Crippen molar-refractivity contribution >= 4 is 39.9 Å². The molecule has 0 aliphatic rings. The van der Waals surface area contributed by atoms with Crippen LogP contribution in [-0.4, -0.2) is 10.8 Å². The lowest BCUT2D eigenvalue weighted by Gasteiger charge is -2.10. The number of benzene rings is 3. The smallest absolute Gasteiger partial charge is 0.169 e. The predicted octanol–water partition coefficient (Wildman–Crippen LogP) is 7.00. The summed E-state index contributed by atoms with van der Waals surface area (Å²) >= 11 is 12.3. The Bertz CT molecular complexity index is 1160. The summed E-state index contributed by atoms with van der Waals surface area (Å²) in [5.74, 6) is 1.21. The van der Waals surface area contributed by atoms with Crippen LogP contribution in [0.5, 0.6) is 11.5 Å². The van der Waals surface area contributed by atoms with E-state index in [1.54, 1.807) is 36.4 Å². The molecule has 0 fully saturated rings. The zero-order valence-corrected chi connectivity index (χ0v) is 16.6. The van der Waals surface area contributed by atoms with E-state index in [9.17, 15) is 4.79 Å². The number of hydrogen-bond acceptors (Lipinski definition) is 2. The number of aromatic nitrogens is 1. The Morgan fingerprint density at radius 3 is 2.54 bits per heavy atom. The molecule has 0 unspecified atom stereocenters. The van der Waals surface area contributed by atoms with Gasteiger partial charge in [-0.2, -0.15) is 0 Å². The number of fused-ring (bicyclic) bond motifs is 1. The van der Waals surface area contributed by atoms with Crippen molar-refractivity contribution in [3.05, 3.63) is 93.6 Å². The molecule has 4 aromatic rings. The lowest BCUT2D eigenvalue weighted by atomic mass is 9.99. The van der Waals surface area contributed by atoms with Gasteiger partial charge in [0.2, 0.25) is 0 Å². The summed E-state index contributed by atoms with van der Waals surface area (Å²) < 4.78 is 5.79. The minimum absolute atomic E-state index is 0.0404. The highest BCUT2D eigenvalue weighted by molar-refractivity contribution is 6.32. The molecule has 5 heteroatoms. The van der Waals surface area contributed by atoms with Gasteiger partial charge in [-0.15, -0.1) is 0 Å². The van der Waals surface area contributed by atoms with Gasteiger partial charge in [0.25, 0.3) is 0 Å². The zero-order valence-electron chi connectivity index (χ0n) is 15.1. The van der Waals surface area contributed by atoms with Gasteiger partial charge >= 0.3 is 0 Å². The fraction of sp³-hybridized carbons (Fsp3) is 0.0870. The number of aromatic amines is 1. The van der Waals surface area contributed by atoms with Crippen molar-refractivity contribution in [3.8, 4) is 11.5 Å². The van der Waals surface area contributed by atoms with Crippen molar-refractivity contribution in [1.29, 1.82) is 0 Å². The Morgan fingerprint density at radius 1 is 1.00 bits per heavy atom. The topological polar surface area (TPSA) is 42.1 Å². The highest BCUT2D eigenvalue weighted by Gasteiger charge is 2.14. The monoisotopic (exact) mass is 409 g/mol. The third-order valence-corrected chi connectivity index (χ3v) is 5.05. The second kappa shape index (κ2) is 7.70. The molecule has 140 valence electrons. The van der Waals surface area contributed by atoms with Gasteiger partial charge in [-0.3, -0.25) is 4.79 Å². The van der Waals surface area contributed by atoms with Crippen LogP contribution in [-0.2, 0) is 6.42 Å². The van der Waals surface area contributed by atoms with Gasteiger partial charge in [-0.1, -0.05) is 29.3 Å². The standard InChI is InChI=1S/C23H17Cl2NO2/c1-14-10-16-8-9-26-23(16)19(11-14)21(27)13-15-2-7-22(20(25)12-15)28-18-5-3-17(24)4-6-18/h2-12,26H,13H2,1H3. The number of carbonyl (C=O) groups is 1. The number of ketones is 1. The van der Waals surface area contributed by atoms with Gasteiger partial charge in [-0.25, -0.2) is 0 Å². The molecule has 0 spiro atoms. The molecular weight excluding hydrogens is 393 g/mol. The maximum Gasteiger partial charge on any atom is 0.169 e. The molecule has 0 amide bonds. The number of H-pyrrole nitrogens is 1. The van der Waals surface area contributed by atoms with Crippen LogP contribution in [0.3, 0.4) is 0 Å². The summed E-state index contributed by atoms with van der Waals surface area (Å²) in [7, 11) is 0. The number of carbonyl (C=O) groups excluding carboxylic acids is 1. The fourth-order valence-electron chi connectivity index (χ4n) is 3.19. The van der Waals surface area contributed by atoms with Crippen LogP contribution >= 0.6 is 23.2 Å². The van der Waals surface area contributed by atoms with E-state index in [0.717, 1.165) is 22.0 Å². The van der Waals surface area contributed by atoms with E-state index in [2.05, 4.69) is 11.1 Å². The molecule has 1 heterocycles.